The Hall–Kier alpha value is -3.41. The third-order valence-corrected chi connectivity index (χ3v) is 3.84. The zero-order valence-electron chi connectivity index (χ0n) is 14.7. The summed E-state index contributed by atoms with van der Waals surface area (Å²) in [6.45, 7) is 0. The fourth-order valence-electron chi connectivity index (χ4n) is 2.30. The van der Waals surface area contributed by atoms with Gasteiger partial charge in [0.25, 0.3) is 0 Å². The Morgan fingerprint density at radius 3 is 2.50 bits per heavy atom. The summed E-state index contributed by atoms with van der Waals surface area (Å²) >= 11 is 0. The molecule has 0 aliphatic rings. The van der Waals surface area contributed by atoms with Crippen molar-refractivity contribution in [2.75, 3.05) is 19.5 Å². The van der Waals surface area contributed by atoms with E-state index < -0.39 is 0 Å². The molecule has 0 atom stereocenters. The zero-order chi connectivity index (χ0) is 18.4. The smallest absolute Gasteiger partial charge is 0.226 e. The van der Waals surface area contributed by atoms with Crippen LogP contribution in [0.15, 0.2) is 70.6 Å². The van der Waals surface area contributed by atoms with E-state index in [2.05, 4.69) is 15.5 Å². The maximum Gasteiger partial charge on any atom is 0.226 e. The van der Waals surface area contributed by atoms with Gasteiger partial charge in [0.2, 0.25) is 5.91 Å². The van der Waals surface area contributed by atoms with Crippen molar-refractivity contribution in [2.24, 2.45) is 5.10 Å². The lowest BCUT2D eigenvalue weighted by molar-refractivity contribution is -0.127. The molecule has 0 aliphatic carbocycles. The lowest BCUT2D eigenvalue weighted by Crippen LogP contribution is -2.23. The maximum absolute atomic E-state index is 11.7. The summed E-state index contributed by atoms with van der Waals surface area (Å²) in [4.78, 5) is 17.2. The molecule has 132 valence electrons. The van der Waals surface area contributed by atoms with Crippen LogP contribution in [0.4, 0.5) is 5.69 Å². The molecule has 26 heavy (non-hydrogen) atoms. The van der Waals surface area contributed by atoms with E-state index in [1.165, 1.54) is 6.39 Å². The van der Waals surface area contributed by atoms with Gasteiger partial charge in [-0.15, -0.1) is 0 Å². The Bertz CT molecular complexity index is 867. The largest absolute Gasteiger partial charge is 0.444 e. The van der Waals surface area contributed by atoms with Crippen LogP contribution in [0.2, 0.25) is 0 Å². The topological polar surface area (TPSA) is 70.7 Å². The van der Waals surface area contributed by atoms with Crippen LogP contribution in [0.5, 0.6) is 0 Å². The van der Waals surface area contributed by atoms with Crippen LogP contribution in [0.25, 0.3) is 11.3 Å². The predicted octanol–water partition coefficient (Wildman–Crippen LogP) is 3.42. The number of hydrogen-bond donors (Lipinski definition) is 1. The van der Waals surface area contributed by atoms with Gasteiger partial charge in [0, 0.05) is 19.7 Å². The van der Waals surface area contributed by atoms with Crippen molar-refractivity contribution in [3.05, 3.63) is 72.2 Å². The van der Waals surface area contributed by atoms with Crippen molar-refractivity contribution in [1.82, 2.24) is 9.88 Å². The molecule has 3 rings (SSSR count). The fourth-order valence-corrected chi connectivity index (χ4v) is 2.30. The highest BCUT2D eigenvalue weighted by molar-refractivity contribution is 5.81. The lowest BCUT2D eigenvalue weighted by Gasteiger charge is -2.09. The summed E-state index contributed by atoms with van der Waals surface area (Å²) in [7, 11) is 3.51. The maximum atomic E-state index is 11.7. The minimum atomic E-state index is 0.0851. The zero-order valence-corrected chi connectivity index (χ0v) is 14.7. The minimum Gasteiger partial charge on any atom is -0.444 e. The molecule has 1 aromatic heterocycles. The van der Waals surface area contributed by atoms with Gasteiger partial charge in [-0.25, -0.2) is 4.98 Å². The van der Waals surface area contributed by atoms with E-state index in [0.29, 0.717) is 6.42 Å². The van der Waals surface area contributed by atoms with E-state index in [4.69, 9.17) is 4.42 Å². The van der Waals surface area contributed by atoms with Crippen LogP contribution in [0.1, 0.15) is 11.1 Å². The Balaban J connectivity index is 1.56. The van der Waals surface area contributed by atoms with Gasteiger partial charge in [-0.05, 0) is 35.4 Å². The highest BCUT2D eigenvalue weighted by atomic mass is 16.3. The van der Waals surface area contributed by atoms with E-state index in [0.717, 1.165) is 28.1 Å². The number of nitrogens with one attached hydrogen (secondary N) is 1. The molecule has 1 N–H and O–H groups in total. The van der Waals surface area contributed by atoms with Gasteiger partial charge < -0.3 is 9.32 Å². The number of anilines is 1. The third-order valence-electron chi connectivity index (χ3n) is 3.84. The van der Waals surface area contributed by atoms with Gasteiger partial charge in [0.1, 0.15) is 0 Å². The molecule has 0 unspecified atom stereocenters. The monoisotopic (exact) mass is 348 g/mol. The number of rotatable bonds is 6. The molecular formula is C20H20N4O2. The first kappa shape index (κ1) is 17.4. The van der Waals surface area contributed by atoms with Crippen molar-refractivity contribution in [3.8, 4) is 11.3 Å². The first-order valence-corrected chi connectivity index (χ1v) is 8.19. The highest BCUT2D eigenvalue weighted by Gasteiger charge is 2.05. The molecular weight excluding hydrogens is 328 g/mol. The minimum absolute atomic E-state index is 0.0851. The summed E-state index contributed by atoms with van der Waals surface area (Å²) in [6.07, 6.45) is 5.23. The standard InChI is InChI=1S/C20H20N4O2/c1-24(2)20(25)11-15-3-5-16(6-4-15)12-22-23-18-9-7-17(8-10-18)19-13-21-14-26-19/h3-10,12-14,23H,11H2,1-2H3/b22-12+. The number of hydrazone groups is 1. The van der Waals surface area contributed by atoms with E-state index in [1.807, 2.05) is 48.5 Å². The van der Waals surface area contributed by atoms with E-state index >= 15 is 0 Å². The molecule has 0 saturated carbocycles. The molecule has 1 amide bonds. The third kappa shape index (κ3) is 4.57. The molecule has 6 nitrogen and oxygen atoms in total. The first-order valence-electron chi connectivity index (χ1n) is 8.19. The second-order valence-corrected chi connectivity index (χ2v) is 6.02. The molecule has 3 aromatic rings. The van der Waals surface area contributed by atoms with Gasteiger partial charge in [-0.2, -0.15) is 5.10 Å². The number of carbonyl (C=O) groups excluding carboxylic acids is 1. The number of carbonyl (C=O) groups is 1. The molecule has 0 fully saturated rings. The average molecular weight is 348 g/mol. The summed E-state index contributed by atoms with van der Waals surface area (Å²) < 4.78 is 5.26. The Kier molecular flexibility index (Phi) is 5.43. The molecule has 0 saturated heterocycles. The van der Waals surface area contributed by atoms with E-state index in [1.54, 1.807) is 31.4 Å². The van der Waals surface area contributed by atoms with Crippen molar-refractivity contribution in [3.63, 3.8) is 0 Å². The van der Waals surface area contributed by atoms with Gasteiger partial charge in [-0.3, -0.25) is 10.2 Å². The van der Waals surface area contributed by atoms with Crippen molar-refractivity contribution < 1.29 is 9.21 Å². The number of hydrogen-bond acceptors (Lipinski definition) is 5. The van der Waals surface area contributed by atoms with Crippen LogP contribution in [-0.2, 0) is 11.2 Å². The lowest BCUT2D eigenvalue weighted by atomic mass is 10.1. The number of nitrogens with zero attached hydrogens (tertiary/aromatic N) is 3. The van der Waals surface area contributed by atoms with Crippen molar-refractivity contribution in [2.45, 2.75) is 6.42 Å². The molecule has 0 radical (unpaired) electrons. The predicted molar refractivity (Wildman–Crippen MR) is 102 cm³/mol. The van der Waals surface area contributed by atoms with Gasteiger partial charge >= 0.3 is 0 Å². The summed E-state index contributed by atoms with van der Waals surface area (Å²) in [5, 5.41) is 4.24. The highest BCUT2D eigenvalue weighted by Crippen LogP contribution is 2.20. The number of likely N-dealkylation sites (N-methyl/N-ethyl adjacent to an activating group) is 1. The van der Waals surface area contributed by atoms with Crippen LogP contribution in [0.3, 0.4) is 0 Å². The summed E-state index contributed by atoms with van der Waals surface area (Å²) in [5.41, 5.74) is 6.76. The quantitative estimate of drug-likeness (QED) is 0.547. The summed E-state index contributed by atoms with van der Waals surface area (Å²) in [6, 6.07) is 15.5. The summed E-state index contributed by atoms with van der Waals surface area (Å²) in [5.74, 6) is 0.815. The van der Waals surface area contributed by atoms with Crippen LogP contribution >= 0.6 is 0 Å². The van der Waals surface area contributed by atoms with E-state index in [9.17, 15) is 4.79 Å². The van der Waals surface area contributed by atoms with Crippen molar-refractivity contribution >= 4 is 17.8 Å². The van der Waals surface area contributed by atoms with Crippen LogP contribution in [0, 0.1) is 0 Å². The van der Waals surface area contributed by atoms with Gasteiger partial charge in [0.15, 0.2) is 12.2 Å². The molecule has 6 heteroatoms. The normalized spacial score (nSPS) is 10.8. The Morgan fingerprint density at radius 1 is 1.15 bits per heavy atom. The Labute approximate surface area is 152 Å². The van der Waals surface area contributed by atoms with E-state index in [-0.39, 0.29) is 5.91 Å². The van der Waals surface area contributed by atoms with Crippen LogP contribution < -0.4 is 5.43 Å². The second-order valence-electron chi connectivity index (χ2n) is 6.02. The Morgan fingerprint density at radius 2 is 1.88 bits per heavy atom. The molecule has 0 spiro atoms. The number of benzene rings is 2. The number of amides is 1. The molecule has 0 bridgehead atoms. The SMILES string of the molecule is CN(C)C(=O)Cc1ccc(/C=N/Nc2ccc(-c3cnco3)cc2)cc1. The molecule has 1 heterocycles. The van der Waals surface area contributed by atoms with Gasteiger partial charge in [0.05, 0.1) is 24.5 Å². The van der Waals surface area contributed by atoms with Gasteiger partial charge in [-0.1, -0.05) is 24.3 Å². The average Bonchev–Trinajstić information content (AvgIpc) is 3.18. The first-order chi connectivity index (χ1) is 12.6. The number of oxazole rings is 1. The van der Waals surface area contributed by atoms with Crippen molar-refractivity contribution in [1.29, 1.82) is 0 Å². The van der Waals surface area contributed by atoms with Crippen LogP contribution in [-0.4, -0.2) is 36.1 Å². The molecule has 2 aromatic carbocycles. The fraction of sp³-hybridized carbons (Fsp3) is 0.150. The molecule has 0 aliphatic heterocycles. The number of aromatic nitrogens is 1. The second kappa shape index (κ2) is 8.11.